The Hall–Kier alpha value is -2.34. The molecule has 2 aromatic carbocycles. The first-order valence-electron chi connectivity index (χ1n) is 7.93. The van der Waals surface area contributed by atoms with Gasteiger partial charge in [0, 0.05) is 13.1 Å². The van der Waals surface area contributed by atoms with E-state index in [4.69, 9.17) is 0 Å². The standard InChI is InChI=1S/C18H17N3O2S/c1-21-17(23)14-8-11-4-2-3-5-12(11)9-15(14)20-18(21)24-10-16(22)19-13-6-7-13/h2-5,8-9,13H,6-7,10H2,1H3,(H,19,22). The molecule has 1 fully saturated rings. The van der Waals surface area contributed by atoms with Crippen LogP contribution in [-0.4, -0.2) is 27.3 Å². The summed E-state index contributed by atoms with van der Waals surface area (Å²) in [4.78, 5) is 29.1. The third-order valence-corrected chi connectivity index (χ3v) is 5.21. The fourth-order valence-corrected chi connectivity index (χ4v) is 3.48. The van der Waals surface area contributed by atoms with Gasteiger partial charge in [-0.3, -0.25) is 14.2 Å². The highest BCUT2D eigenvalue weighted by atomic mass is 32.2. The summed E-state index contributed by atoms with van der Waals surface area (Å²) in [6, 6.07) is 12.1. The maximum Gasteiger partial charge on any atom is 0.261 e. The number of carbonyl (C=O) groups excluding carboxylic acids is 1. The summed E-state index contributed by atoms with van der Waals surface area (Å²) < 4.78 is 1.52. The maximum absolute atomic E-state index is 12.6. The Labute approximate surface area is 143 Å². The second-order valence-corrected chi connectivity index (χ2v) is 7.05. The summed E-state index contributed by atoms with van der Waals surface area (Å²) in [5, 5.41) is 6.18. The topological polar surface area (TPSA) is 64.0 Å². The zero-order chi connectivity index (χ0) is 16.7. The van der Waals surface area contributed by atoms with Gasteiger partial charge in [0.15, 0.2) is 5.16 Å². The van der Waals surface area contributed by atoms with Crippen molar-refractivity contribution < 1.29 is 4.79 Å². The smallest absolute Gasteiger partial charge is 0.261 e. The van der Waals surface area contributed by atoms with Crippen molar-refractivity contribution in [2.45, 2.75) is 24.0 Å². The summed E-state index contributed by atoms with van der Waals surface area (Å²) in [5.74, 6) is 0.269. The monoisotopic (exact) mass is 339 g/mol. The molecule has 0 atom stereocenters. The van der Waals surface area contributed by atoms with Gasteiger partial charge in [-0.15, -0.1) is 0 Å². The minimum atomic E-state index is -0.0872. The Morgan fingerprint density at radius 3 is 2.71 bits per heavy atom. The number of hydrogen-bond acceptors (Lipinski definition) is 4. The fourth-order valence-electron chi connectivity index (χ4n) is 2.69. The van der Waals surface area contributed by atoms with E-state index in [1.165, 1.54) is 16.3 Å². The number of fused-ring (bicyclic) bond motifs is 2. The summed E-state index contributed by atoms with van der Waals surface area (Å²) >= 11 is 1.30. The van der Waals surface area contributed by atoms with E-state index in [9.17, 15) is 9.59 Å². The SMILES string of the molecule is Cn1c(SCC(=O)NC2CC2)nc2cc3ccccc3cc2c1=O. The van der Waals surface area contributed by atoms with Gasteiger partial charge in [0.1, 0.15) is 0 Å². The number of amides is 1. The van der Waals surface area contributed by atoms with Crippen molar-refractivity contribution in [2.75, 3.05) is 5.75 Å². The van der Waals surface area contributed by atoms with Crippen molar-refractivity contribution in [1.82, 2.24) is 14.9 Å². The second-order valence-electron chi connectivity index (χ2n) is 6.11. The second kappa shape index (κ2) is 5.94. The minimum absolute atomic E-state index is 0.00430. The number of nitrogens with zero attached hydrogens (tertiary/aromatic N) is 2. The molecular weight excluding hydrogens is 322 g/mol. The first-order chi connectivity index (χ1) is 11.6. The van der Waals surface area contributed by atoms with Gasteiger partial charge < -0.3 is 5.32 Å². The molecule has 1 aliphatic carbocycles. The van der Waals surface area contributed by atoms with Gasteiger partial charge in [-0.25, -0.2) is 4.98 Å². The molecule has 24 heavy (non-hydrogen) atoms. The molecule has 6 heteroatoms. The summed E-state index contributed by atoms with van der Waals surface area (Å²) in [7, 11) is 1.70. The molecule has 3 aromatic rings. The van der Waals surface area contributed by atoms with Crippen LogP contribution in [-0.2, 0) is 11.8 Å². The highest BCUT2D eigenvalue weighted by molar-refractivity contribution is 7.99. The van der Waals surface area contributed by atoms with Gasteiger partial charge >= 0.3 is 0 Å². The van der Waals surface area contributed by atoms with E-state index in [-0.39, 0.29) is 17.2 Å². The number of rotatable bonds is 4. The molecule has 5 nitrogen and oxygen atoms in total. The molecule has 1 aliphatic rings. The van der Waals surface area contributed by atoms with Crippen molar-refractivity contribution in [3.8, 4) is 0 Å². The quantitative estimate of drug-likeness (QED) is 0.450. The normalized spacial score (nSPS) is 14.2. The Kier molecular flexibility index (Phi) is 3.76. The van der Waals surface area contributed by atoms with E-state index >= 15 is 0 Å². The molecule has 0 unspecified atom stereocenters. The van der Waals surface area contributed by atoms with Crippen LogP contribution in [0.5, 0.6) is 0 Å². The Morgan fingerprint density at radius 1 is 1.29 bits per heavy atom. The van der Waals surface area contributed by atoms with Gasteiger partial charge in [-0.2, -0.15) is 0 Å². The molecule has 1 saturated carbocycles. The van der Waals surface area contributed by atoms with Crippen LogP contribution in [0.4, 0.5) is 0 Å². The van der Waals surface area contributed by atoms with E-state index in [2.05, 4.69) is 10.3 Å². The average molecular weight is 339 g/mol. The lowest BCUT2D eigenvalue weighted by Crippen LogP contribution is -2.27. The minimum Gasteiger partial charge on any atom is -0.353 e. The molecule has 0 bridgehead atoms. The predicted octanol–water partition coefficient (Wildman–Crippen LogP) is 2.46. The van der Waals surface area contributed by atoms with Crippen LogP contribution >= 0.6 is 11.8 Å². The molecule has 0 radical (unpaired) electrons. The Bertz CT molecular complexity index is 1010. The van der Waals surface area contributed by atoms with Gasteiger partial charge in [0.25, 0.3) is 5.56 Å². The van der Waals surface area contributed by atoms with E-state index in [1.807, 2.05) is 36.4 Å². The number of carbonyl (C=O) groups is 1. The Morgan fingerprint density at radius 2 is 2.00 bits per heavy atom. The molecule has 1 aromatic heterocycles. The van der Waals surface area contributed by atoms with E-state index in [0.717, 1.165) is 23.6 Å². The molecule has 1 amide bonds. The summed E-state index contributed by atoms with van der Waals surface area (Å²) in [6.07, 6.45) is 2.13. The number of thioether (sulfide) groups is 1. The number of benzene rings is 2. The molecular formula is C18H17N3O2S. The van der Waals surface area contributed by atoms with Crippen molar-refractivity contribution in [2.24, 2.45) is 7.05 Å². The van der Waals surface area contributed by atoms with Gasteiger partial charge in [0.2, 0.25) is 5.91 Å². The van der Waals surface area contributed by atoms with Crippen LogP contribution in [0.25, 0.3) is 21.7 Å². The number of hydrogen-bond donors (Lipinski definition) is 1. The zero-order valence-electron chi connectivity index (χ0n) is 13.3. The lowest BCUT2D eigenvalue weighted by atomic mass is 10.1. The molecule has 0 aliphatic heterocycles. The van der Waals surface area contributed by atoms with E-state index in [1.54, 1.807) is 7.05 Å². The molecule has 122 valence electrons. The lowest BCUT2D eigenvalue weighted by molar-refractivity contribution is -0.118. The third kappa shape index (κ3) is 2.89. The Balaban J connectivity index is 1.70. The van der Waals surface area contributed by atoms with Crippen molar-refractivity contribution in [3.05, 3.63) is 46.8 Å². The van der Waals surface area contributed by atoms with Crippen molar-refractivity contribution in [3.63, 3.8) is 0 Å². The highest BCUT2D eigenvalue weighted by Crippen LogP contribution is 2.23. The van der Waals surface area contributed by atoms with Gasteiger partial charge in [0.05, 0.1) is 16.7 Å². The van der Waals surface area contributed by atoms with Crippen LogP contribution in [0.15, 0.2) is 46.3 Å². The zero-order valence-corrected chi connectivity index (χ0v) is 14.1. The highest BCUT2D eigenvalue weighted by Gasteiger charge is 2.23. The summed E-state index contributed by atoms with van der Waals surface area (Å²) in [6.45, 7) is 0. The number of aromatic nitrogens is 2. The van der Waals surface area contributed by atoms with Crippen molar-refractivity contribution >= 4 is 39.3 Å². The van der Waals surface area contributed by atoms with Crippen LogP contribution in [0.1, 0.15) is 12.8 Å². The van der Waals surface area contributed by atoms with Crippen LogP contribution < -0.4 is 10.9 Å². The largest absolute Gasteiger partial charge is 0.353 e. The first kappa shape index (κ1) is 15.2. The van der Waals surface area contributed by atoms with Crippen molar-refractivity contribution in [1.29, 1.82) is 0 Å². The van der Waals surface area contributed by atoms with Crippen LogP contribution in [0, 0.1) is 0 Å². The molecule has 0 spiro atoms. The summed E-state index contributed by atoms with van der Waals surface area (Å²) in [5.41, 5.74) is 0.581. The average Bonchev–Trinajstić information content (AvgIpc) is 3.39. The van der Waals surface area contributed by atoms with E-state index < -0.39 is 0 Å². The van der Waals surface area contributed by atoms with Gasteiger partial charge in [-0.1, -0.05) is 36.0 Å². The maximum atomic E-state index is 12.6. The molecule has 1 heterocycles. The molecule has 1 N–H and O–H groups in total. The molecule has 0 saturated heterocycles. The van der Waals surface area contributed by atoms with Gasteiger partial charge in [-0.05, 0) is 35.7 Å². The third-order valence-electron chi connectivity index (χ3n) is 4.18. The lowest BCUT2D eigenvalue weighted by Gasteiger charge is -2.09. The molecule has 4 rings (SSSR count). The fraction of sp³-hybridized carbons (Fsp3) is 0.278. The van der Waals surface area contributed by atoms with E-state index in [0.29, 0.717) is 22.1 Å². The van der Waals surface area contributed by atoms with Crippen LogP contribution in [0.3, 0.4) is 0 Å². The predicted molar refractivity (Wildman–Crippen MR) is 96.4 cm³/mol. The first-order valence-corrected chi connectivity index (χ1v) is 8.92. The van der Waals surface area contributed by atoms with Crippen LogP contribution in [0.2, 0.25) is 0 Å². The number of nitrogens with one attached hydrogen (secondary N) is 1.